The van der Waals surface area contributed by atoms with Gasteiger partial charge in [0.05, 0.1) is 25.7 Å². The molecular formula is C13H21NO6S. The lowest BCUT2D eigenvalue weighted by molar-refractivity contribution is 0.196. The number of nitrogens with one attached hydrogen (secondary N) is 1. The molecule has 0 aliphatic rings. The van der Waals surface area contributed by atoms with Crippen LogP contribution in [0, 0.1) is 0 Å². The predicted molar refractivity (Wildman–Crippen MR) is 77.2 cm³/mol. The van der Waals surface area contributed by atoms with Gasteiger partial charge in [-0.1, -0.05) is 0 Å². The van der Waals surface area contributed by atoms with E-state index in [0.717, 1.165) is 0 Å². The van der Waals surface area contributed by atoms with Gasteiger partial charge in [-0.25, -0.2) is 13.1 Å². The normalized spacial score (nSPS) is 11.4. The van der Waals surface area contributed by atoms with Crippen molar-refractivity contribution in [3.05, 3.63) is 17.7 Å². The van der Waals surface area contributed by atoms with E-state index in [1.54, 1.807) is 7.11 Å². The van der Waals surface area contributed by atoms with Crippen LogP contribution < -0.4 is 14.2 Å². The fraction of sp³-hybridized carbons (Fsp3) is 0.538. The number of hydrogen-bond donors (Lipinski definition) is 2. The van der Waals surface area contributed by atoms with Crippen molar-refractivity contribution in [2.45, 2.75) is 17.9 Å². The minimum atomic E-state index is -3.68. The van der Waals surface area contributed by atoms with Gasteiger partial charge >= 0.3 is 0 Å². The van der Waals surface area contributed by atoms with Crippen molar-refractivity contribution in [1.29, 1.82) is 0 Å². The van der Waals surface area contributed by atoms with E-state index in [2.05, 4.69) is 4.72 Å². The van der Waals surface area contributed by atoms with Gasteiger partial charge in [0.2, 0.25) is 10.0 Å². The van der Waals surface area contributed by atoms with Gasteiger partial charge < -0.3 is 19.3 Å². The molecule has 8 heteroatoms. The summed E-state index contributed by atoms with van der Waals surface area (Å²) < 4.78 is 42.0. The molecule has 0 saturated heterocycles. The van der Waals surface area contributed by atoms with Crippen molar-refractivity contribution in [2.24, 2.45) is 0 Å². The van der Waals surface area contributed by atoms with Gasteiger partial charge in [-0.15, -0.1) is 0 Å². The zero-order valence-corrected chi connectivity index (χ0v) is 13.2. The van der Waals surface area contributed by atoms with Gasteiger partial charge in [-0.3, -0.25) is 0 Å². The summed E-state index contributed by atoms with van der Waals surface area (Å²) in [4.78, 5) is 0.0154. The molecule has 0 radical (unpaired) electrons. The Morgan fingerprint density at radius 1 is 1.19 bits per heavy atom. The quantitative estimate of drug-likeness (QED) is 0.644. The van der Waals surface area contributed by atoms with E-state index >= 15 is 0 Å². The zero-order valence-electron chi connectivity index (χ0n) is 12.4. The van der Waals surface area contributed by atoms with E-state index in [9.17, 15) is 13.5 Å². The van der Waals surface area contributed by atoms with Crippen LogP contribution in [0.5, 0.6) is 11.5 Å². The molecule has 0 aliphatic carbocycles. The van der Waals surface area contributed by atoms with E-state index in [1.807, 2.05) is 0 Å². The Balaban J connectivity index is 3.06. The van der Waals surface area contributed by atoms with E-state index < -0.39 is 10.0 Å². The average Bonchev–Trinajstić information content (AvgIpc) is 2.49. The number of benzene rings is 1. The summed E-state index contributed by atoms with van der Waals surface area (Å²) >= 11 is 0. The Hall–Kier alpha value is -1.35. The third-order valence-electron chi connectivity index (χ3n) is 2.83. The Morgan fingerprint density at radius 3 is 2.43 bits per heavy atom. The van der Waals surface area contributed by atoms with Gasteiger partial charge in [0.1, 0.15) is 0 Å². The molecule has 1 rings (SSSR count). The SMILES string of the molecule is COCCCNS(=O)(=O)c1cc(CO)c(OC)c(OC)c1. The van der Waals surface area contributed by atoms with Crippen molar-refractivity contribution in [3.8, 4) is 11.5 Å². The number of hydrogen-bond acceptors (Lipinski definition) is 6. The first-order valence-electron chi connectivity index (χ1n) is 6.34. The molecule has 0 unspecified atom stereocenters. The summed E-state index contributed by atoms with van der Waals surface area (Å²) in [6.07, 6.45) is 0.565. The molecule has 0 heterocycles. The first kappa shape index (κ1) is 17.7. The molecule has 0 aromatic heterocycles. The smallest absolute Gasteiger partial charge is 0.240 e. The lowest BCUT2D eigenvalue weighted by Crippen LogP contribution is -2.25. The summed E-state index contributed by atoms with van der Waals surface area (Å²) in [7, 11) is 0.698. The Morgan fingerprint density at radius 2 is 1.90 bits per heavy atom. The molecule has 2 N–H and O–H groups in total. The lowest BCUT2D eigenvalue weighted by atomic mass is 10.2. The topological polar surface area (TPSA) is 94.1 Å². The summed E-state index contributed by atoms with van der Waals surface area (Å²) in [5.74, 6) is 0.569. The number of ether oxygens (including phenoxy) is 3. The summed E-state index contributed by atoms with van der Waals surface area (Å²) in [5, 5.41) is 9.34. The van der Waals surface area contributed by atoms with E-state index in [-0.39, 0.29) is 23.8 Å². The van der Waals surface area contributed by atoms with Crippen LogP contribution in [0.3, 0.4) is 0 Å². The maximum atomic E-state index is 12.2. The second-order valence-corrected chi connectivity index (χ2v) is 5.99. The summed E-state index contributed by atoms with van der Waals surface area (Å²) in [6, 6.07) is 2.72. The second-order valence-electron chi connectivity index (χ2n) is 4.22. The monoisotopic (exact) mass is 319 g/mol. The molecule has 120 valence electrons. The predicted octanol–water partition coefficient (Wildman–Crippen LogP) is 0.511. The highest BCUT2D eigenvalue weighted by molar-refractivity contribution is 7.89. The van der Waals surface area contributed by atoms with Gasteiger partial charge in [-0.05, 0) is 12.5 Å². The van der Waals surface area contributed by atoms with Gasteiger partial charge in [0.15, 0.2) is 11.5 Å². The van der Waals surface area contributed by atoms with Gasteiger partial charge in [0.25, 0.3) is 0 Å². The van der Waals surface area contributed by atoms with Crippen molar-refractivity contribution in [2.75, 3.05) is 34.5 Å². The van der Waals surface area contributed by atoms with Crippen LogP contribution in [0.15, 0.2) is 17.0 Å². The highest BCUT2D eigenvalue weighted by Gasteiger charge is 2.19. The van der Waals surface area contributed by atoms with Crippen molar-refractivity contribution in [3.63, 3.8) is 0 Å². The van der Waals surface area contributed by atoms with Crippen molar-refractivity contribution >= 4 is 10.0 Å². The summed E-state index contributed by atoms with van der Waals surface area (Å²) in [5.41, 5.74) is 0.342. The molecule has 7 nitrogen and oxygen atoms in total. The van der Waals surface area contributed by atoms with Crippen LogP contribution in [0.2, 0.25) is 0 Å². The molecule has 0 spiro atoms. The highest BCUT2D eigenvalue weighted by Crippen LogP contribution is 2.34. The van der Waals surface area contributed by atoms with Crippen molar-refractivity contribution < 1.29 is 27.7 Å². The average molecular weight is 319 g/mol. The molecule has 0 bridgehead atoms. The Kier molecular flexibility index (Phi) is 6.90. The summed E-state index contributed by atoms with van der Waals surface area (Å²) in [6.45, 7) is 0.377. The van der Waals surface area contributed by atoms with E-state index in [0.29, 0.717) is 24.3 Å². The third kappa shape index (κ3) is 4.57. The number of aliphatic hydroxyl groups is 1. The molecule has 1 aromatic carbocycles. The fourth-order valence-electron chi connectivity index (χ4n) is 1.79. The molecular weight excluding hydrogens is 298 g/mol. The lowest BCUT2D eigenvalue weighted by Gasteiger charge is -2.14. The number of aliphatic hydroxyl groups excluding tert-OH is 1. The largest absolute Gasteiger partial charge is 0.493 e. The second kappa shape index (κ2) is 8.18. The third-order valence-corrected chi connectivity index (χ3v) is 4.27. The van der Waals surface area contributed by atoms with Crippen LogP contribution in [-0.4, -0.2) is 48.0 Å². The minimum Gasteiger partial charge on any atom is -0.493 e. The molecule has 0 fully saturated rings. The van der Waals surface area contributed by atoms with Crippen LogP contribution in [0.25, 0.3) is 0 Å². The number of sulfonamides is 1. The first-order chi connectivity index (χ1) is 10.00. The molecule has 0 aliphatic heterocycles. The Labute approximate surface area is 124 Å². The number of methoxy groups -OCH3 is 3. The van der Waals surface area contributed by atoms with Crippen LogP contribution in [0.1, 0.15) is 12.0 Å². The molecule has 1 aromatic rings. The fourth-order valence-corrected chi connectivity index (χ4v) is 2.93. The van der Waals surface area contributed by atoms with Crippen LogP contribution in [0.4, 0.5) is 0 Å². The van der Waals surface area contributed by atoms with Crippen LogP contribution in [-0.2, 0) is 21.4 Å². The van der Waals surface area contributed by atoms with Gasteiger partial charge in [-0.2, -0.15) is 0 Å². The zero-order chi connectivity index (χ0) is 15.9. The van der Waals surface area contributed by atoms with E-state index in [1.165, 1.54) is 26.4 Å². The van der Waals surface area contributed by atoms with Crippen LogP contribution >= 0.6 is 0 Å². The Bertz CT molecular complexity index is 533. The maximum Gasteiger partial charge on any atom is 0.240 e. The first-order valence-corrected chi connectivity index (χ1v) is 7.82. The molecule has 0 amide bonds. The molecule has 21 heavy (non-hydrogen) atoms. The highest BCUT2D eigenvalue weighted by atomic mass is 32.2. The maximum absolute atomic E-state index is 12.2. The minimum absolute atomic E-state index is 0.0154. The molecule has 0 saturated carbocycles. The van der Waals surface area contributed by atoms with E-state index in [4.69, 9.17) is 14.2 Å². The van der Waals surface area contributed by atoms with Gasteiger partial charge in [0, 0.05) is 31.9 Å². The van der Waals surface area contributed by atoms with Crippen molar-refractivity contribution in [1.82, 2.24) is 4.72 Å². The number of rotatable bonds is 9. The standard InChI is InChI=1S/C13H21NO6S/c1-18-6-4-5-14-21(16,17)11-7-10(9-15)13(20-3)12(8-11)19-2/h7-8,14-15H,4-6,9H2,1-3H3. The molecule has 0 atom stereocenters.